The Hall–Kier alpha value is -1.99. The lowest BCUT2D eigenvalue weighted by Crippen LogP contribution is -2.53. The molecule has 1 saturated heterocycles. The molecule has 1 atom stereocenters. The van der Waals surface area contributed by atoms with Crippen molar-refractivity contribution in [2.45, 2.75) is 31.8 Å². The quantitative estimate of drug-likeness (QED) is 0.587. The van der Waals surface area contributed by atoms with Crippen molar-refractivity contribution in [3.8, 4) is 5.13 Å². The van der Waals surface area contributed by atoms with Crippen LogP contribution in [0.15, 0.2) is 60.2 Å². The average Bonchev–Trinajstić information content (AvgIpc) is 3.42. The molecule has 0 spiro atoms. The van der Waals surface area contributed by atoms with E-state index < -0.39 is 0 Å². The van der Waals surface area contributed by atoms with E-state index in [-0.39, 0.29) is 6.61 Å². The van der Waals surface area contributed by atoms with Gasteiger partial charge in [0.2, 0.25) is 0 Å². The summed E-state index contributed by atoms with van der Waals surface area (Å²) in [5.41, 5.74) is 2.69. The SMILES string of the molecule is OCCC1CN(Cc2cccn2-c2nccs2)CCN1CCCc1ccccc1. The van der Waals surface area contributed by atoms with Gasteiger partial charge in [0.25, 0.3) is 0 Å². The van der Waals surface area contributed by atoms with Crippen molar-refractivity contribution in [1.29, 1.82) is 0 Å². The monoisotopic (exact) mass is 410 g/mol. The summed E-state index contributed by atoms with van der Waals surface area (Å²) >= 11 is 1.67. The van der Waals surface area contributed by atoms with Gasteiger partial charge in [0.05, 0.1) is 0 Å². The lowest BCUT2D eigenvalue weighted by atomic mass is 10.1. The van der Waals surface area contributed by atoms with E-state index in [0.717, 1.165) is 50.7 Å². The van der Waals surface area contributed by atoms with Crippen LogP contribution in [-0.4, -0.2) is 63.3 Å². The standard InChI is InChI=1S/C23H30N4OS/c28-16-10-21-18-25(19-22-9-5-13-27(22)23-24-11-17-29-23)14-15-26(21)12-4-8-20-6-2-1-3-7-20/h1-3,5-7,9,11,13,17,21,28H,4,8,10,12,14-16,18-19H2. The fourth-order valence-electron chi connectivity index (χ4n) is 4.24. The van der Waals surface area contributed by atoms with Crippen LogP contribution in [0.1, 0.15) is 24.1 Å². The van der Waals surface area contributed by atoms with Crippen LogP contribution in [0.3, 0.4) is 0 Å². The number of aryl methyl sites for hydroxylation is 1. The predicted molar refractivity (Wildman–Crippen MR) is 119 cm³/mol. The highest BCUT2D eigenvalue weighted by molar-refractivity contribution is 7.12. The number of benzene rings is 1. The second-order valence-electron chi connectivity index (χ2n) is 7.71. The number of aliphatic hydroxyl groups is 1. The Morgan fingerprint density at radius 1 is 1.10 bits per heavy atom. The maximum Gasteiger partial charge on any atom is 0.193 e. The summed E-state index contributed by atoms with van der Waals surface area (Å²) in [6.07, 6.45) is 7.08. The van der Waals surface area contributed by atoms with Crippen molar-refractivity contribution in [3.05, 3.63) is 71.5 Å². The normalized spacial score (nSPS) is 18.3. The van der Waals surface area contributed by atoms with Gasteiger partial charge in [-0.25, -0.2) is 4.98 Å². The summed E-state index contributed by atoms with van der Waals surface area (Å²) in [6, 6.07) is 15.4. The van der Waals surface area contributed by atoms with Crippen molar-refractivity contribution in [1.82, 2.24) is 19.4 Å². The maximum absolute atomic E-state index is 9.60. The first-order valence-electron chi connectivity index (χ1n) is 10.5. The molecule has 4 rings (SSSR count). The summed E-state index contributed by atoms with van der Waals surface area (Å²) < 4.78 is 2.19. The number of rotatable bonds is 9. The average molecular weight is 411 g/mol. The third-order valence-electron chi connectivity index (χ3n) is 5.75. The number of piperazine rings is 1. The Morgan fingerprint density at radius 2 is 2.00 bits per heavy atom. The van der Waals surface area contributed by atoms with E-state index in [9.17, 15) is 5.11 Å². The second kappa shape index (κ2) is 10.2. The van der Waals surface area contributed by atoms with Gasteiger partial charge in [-0.05, 0) is 43.5 Å². The molecule has 29 heavy (non-hydrogen) atoms. The van der Waals surface area contributed by atoms with E-state index in [1.165, 1.54) is 17.7 Å². The van der Waals surface area contributed by atoms with Crippen LogP contribution in [-0.2, 0) is 13.0 Å². The van der Waals surface area contributed by atoms with Crippen LogP contribution in [0.5, 0.6) is 0 Å². The van der Waals surface area contributed by atoms with Crippen LogP contribution in [0, 0.1) is 0 Å². The summed E-state index contributed by atoms with van der Waals surface area (Å²) in [5.74, 6) is 0. The molecule has 1 aliphatic heterocycles. The Bertz CT molecular complexity index is 849. The zero-order valence-corrected chi connectivity index (χ0v) is 17.7. The van der Waals surface area contributed by atoms with Crippen molar-refractivity contribution < 1.29 is 5.11 Å². The number of hydrogen-bond donors (Lipinski definition) is 1. The fraction of sp³-hybridized carbons (Fsp3) is 0.435. The molecule has 1 unspecified atom stereocenters. The van der Waals surface area contributed by atoms with Gasteiger partial charge in [0.15, 0.2) is 5.13 Å². The Labute approximate surface area is 177 Å². The molecule has 0 bridgehead atoms. The number of hydrogen-bond acceptors (Lipinski definition) is 5. The van der Waals surface area contributed by atoms with Gasteiger partial charge in [-0.2, -0.15) is 0 Å². The van der Waals surface area contributed by atoms with E-state index in [4.69, 9.17) is 0 Å². The Kier molecular flexibility index (Phi) is 7.11. The molecule has 3 heterocycles. The van der Waals surface area contributed by atoms with Crippen molar-refractivity contribution >= 4 is 11.3 Å². The second-order valence-corrected chi connectivity index (χ2v) is 8.58. The molecule has 1 N–H and O–H groups in total. The van der Waals surface area contributed by atoms with E-state index in [0.29, 0.717) is 6.04 Å². The van der Waals surface area contributed by atoms with Crippen LogP contribution >= 0.6 is 11.3 Å². The maximum atomic E-state index is 9.60. The molecular formula is C23H30N4OS. The molecule has 0 aliphatic carbocycles. The number of aromatic nitrogens is 2. The first kappa shape index (κ1) is 20.3. The van der Waals surface area contributed by atoms with Crippen LogP contribution < -0.4 is 0 Å². The van der Waals surface area contributed by atoms with E-state index in [1.807, 2.05) is 11.6 Å². The Morgan fingerprint density at radius 3 is 2.79 bits per heavy atom. The molecular weight excluding hydrogens is 380 g/mol. The lowest BCUT2D eigenvalue weighted by molar-refractivity contribution is 0.0539. The highest BCUT2D eigenvalue weighted by atomic mass is 32.1. The van der Waals surface area contributed by atoms with E-state index >= 15 is 0 Å². The molecule has 5 nitrogen and oxygen atoms in total. The summed E-state index contributed by atoms with van der Waals surface area (Å²) in [5, 5.41) is 12.6. The van der Waals surface area contributed by atoms with Gasteiger partial charge in [-0.15, -0.1) is 11.3 Å². The Balaban J connectivity index is 1.33. The zero-order chi connectivity index (χ0) is 19.9. The van der Waals surface area contributed by atoms with Crippen LogP contribution in [0.25, 0.3) is 5.13 Å². The fourth-order valence-corrected chi connectivity index (χ4v) is 4.90. The van der Waals surface area contributed by atoms with Gasteiger partial charge < -0.3 is 5.11 Å². The summed E-state index contributed by atoms with van der Waals surface area (Å²) in [7, 11) is 0. The van der Waals surface area contributed by atoms with Gasteiger partial charge in [0.1, 0.15) is 0 Å². The molecule has 1 fully saturated rings. The van der Waals surface area contributed by atoms with Crippen molar-refractivity contribution in [2.24, 2.45) is 0 Å². The lowest BCUT2D eigenvalue weighted by Gasteiger charge is -2.41. The predicted octanol–water partition coefficient (Wildman–Crippen LogP) is 3.44. The molecule has 1 aliphatic rings. The molecule has 154 valence electrons. The van der Waals surface area contributed by atoms with Gasteiger partial charge in [-0.3, -0.25) is 14.4 Å². The largest absolute Gasteiger partial charge is 0.396 e. The van der Waals surface area contributed by atoms with Crippen LogP contribution in [0.4, 0.5) is 0 Å². The van der Waals surface area contributed by atoms with Gasteiger partial charge in [-0.1, -0.05) is 30.3 Å². The topological polar surface area (TPSA) is 44.5 Å². The number of thiazole rings is 1. The molecule has 2 aromatic heterocycles. The number of nitrogens with zero attached hydrogens (tertiary/aromatic N) is 4. The minimum atomic E-state index is 0.253. The van der Waals surface area contributed by atoms with E-state index in [1.54, 1.807) is 11.3 Å². The molecule has 0 saturated carbocycles. The zero-order valence-electron chi connectivity index (χ0n) is 16.9. The third-order valence-corrected chi connectivity index (χ3v) is 6.52. The molecule has 3 aromatic rings. The van der Waals surface area contributed by atoms with Crippen LogP contribution in [0.2, 0.25) is 0 Å². The minimum absolute atomic E-state index is 0.253. The molecule has 0 radical (unpaired) electrons. The third kappa shape index (κ3) is 5.34. The molecule has 1 aromatic carbocycles. The highest BCUT2D eigenvalue weighted by Gasteiger charge is 2.26. The van der Waals surface area contributed by atoms with Gasteiger partial charge in [0, 0.05) is 62.3 Å². The highest BCUT2D eigenvalue weighted by Crippen LogP contribution is 2.20. The first-order chi connectivity index (χ1) is 14.3. The smallest absolute Gasteiger partial charge is 0.193 e. The van der Waals surface area contributed by atoms with Crippen molar-refractivity contribution in [2.75, 3.05) is 32.8 Å². The molecule has 0 amide bonds. The first-order valence-corrected chi connectivity index (χ1v) is 11.4. The van der Waals surface area contributed by atoms with E-state index in [2.05, 4.69) is 68.0 Å². The molecule has 6 heteroatoms. The summed E-state index contributed by atoms with van der Waals surface area (Å²) in [6.45, 7) is 5.42. The number of aliphatic hydroxyl groups excluding tert-OH is 1. The van der Waals surface area contributed by atoms with Crippen molar-refractivity contribution in [3.63, 3.8) is 0 Å². The van der Waals surface area contributed by atoms with Gasteiger partial charge >= 0.3 is 0 Å². The summed E-state index contributed by atoms with van der Waals surface area (Å²) in [4.78, 5) is 9.55. The minimum Gasteiger partial charge on any atom is -0.396 e.